The lowest BCUT2D eigenvalue weighted by Gasteiger charge is -2.28. The van der Waals surface area contributed by atoms with E-state index in [1.165, 1.54) is 0 Å². The minimum atomic E-state index is -0.517. The average Bonchev–Trinajstić information content (AvgIpc) is 3.27. The Labute approximate surface area is 180 Å². The van der Waals surface area contributed by atoms with Crippen LogP contribution >= 0.6 is 15.9 Å². The molecule has 1 aromatic carbocycles. The molecule has 3 rings (SSSR count). The van der Waals surface area contributed by atoms with Crippen molar-refractivity contribution in [3.63, 3.8) is 0 Å². The minimum Gasteiger partial charge on any atom is -0.490 e. The van der Waals surface area contributed by atoms with Gasteiger partial charge in [0.1, 0.15) is 18.0 Å². The molecule has 6 nitrogen and oxygen atoms in total. The number of halogens is 1. The quantitative estimate of drug-likeness (QED) is 0.588. The van der Waals surface area contributed by atoms with Crippen LogP contribution in [0.5, 0.6) is 5.75 Å². The maximum atomic E-state index is 12.4. The molecule has 0 spiro atoms. The Morgan fingerprint density at radius 2 is 2.03 bits per heavy atom. The SMILES string of the molecule is CCOC(=O)C1=Cc2c(ccc(OCC3CCCN3C(=O)OC(C)(C)C)c2Br)C1. The van der Waals surface area contributed by atoms with Gasteiger partial charge in [-0.1, -0.05) is 6.07 Å². The summed E-state index contributed by atoms with van der Waals surface area (Å²) in [7, 11) is 0. The van der Waals surface area contributed by atoms with Crippen molar-refractivity contribution in [1.29, 1.82) is 0 Å². The van der Waals surface area contributed by atoms with E-state index in [0.717, 1.165) is 28.4 Å². The molecule has 1 aliphatic carbocycles. The lowest BCUT2D eigenvalue weighted by molar-refractivity contribution is -0.138. The fourth-order valence-corrected chi connectivity index (χ4v) is 4.19. The van der Waals surface area contributed by atoms with Crippen LogP contribution in [-0.2, 0) is 20.7 Å². The zero-order chi connectivity index (χ0) is 21.2. The monoisotopic (exact) mass is 465 g/mol. The molecule has 1 atom stereocenters. The third-order valence-corrected chi connectivity index (χ3v) is 5.73. The molecule has 0 saturated carbocycles. The Bertz CT molecular complexity index is 827. The summed E-state index contributed by atoms with van der Waals surface area (Å²) in [6.45, 7) is 8.83. The summed E-state index contributed by atoms with van der Waals surface area (Å²) in [5.41, 5.74) is 2.13. The molecule has 2 aliphatic rings. The van der Waals surface area contributed by atoms with Gasteiger partial charge >= 0.3 is 12.1 Å². The summed E-state index contributed by atoms with van der Waals surface area (Å²) in [5, 5.41) is 0. The second kappa shape index (κ2) is 8.78. The van der Waals surface area contributed by atoms with Gasteiger partial charge in [0.05, 0.1) is 17.1 Å². The Hall–Kier alpha value is -2.02. The van der Waals surface area contributed by atoms with E-state index in [0.29, 0.717) is 37.5 Å². The predicted molar refractivity (Wildman–Crippen MR) is 114 cm³/mol. The fraction of sp³-hybridized carbons (Fsp3) is 0.545. The molecule has 0 aromatic heterocycles. The van der Waals surface area contributed by atoms with Crippen LogP contribution in [0.1, 0.15) is 51.7 Å². The topological polar surface area (TPSA) is 65.1 Å². The maximum Gasteiger partial charge on any atom is 0.410 e. The molecule has 1 fully saturated rings. The van der Waals surface area contributed by atoms with Gasteiger partial charge in [0.15, 0.2) is 0 Å². The van der Waals surface area contributed by atoms with E-state index < -0.39 is 5.60 Å². The second-order valence-electron chi connectivity index (χ2n) is 8.30. The molecule has 0 radical (unpaired) electrons. The molecule has 1 unspecified atom stereocenters. The predicted octanol–water partition coefficient (Wildman–Crippen LogP) is 4.73. The van der Waals surface area contributed by atoms with Gasteiger partial charge in [-0.3, -0.25) is 0 Å². The molecule has 1 aromatic rings. The van der Waals surface area contributed by atoms with Gasteiger partial charge in [-0.2, -0.15) is 0 Å². The van der Waals surface area contributed by atoms with Gasteiger partial charge in [0, 0.05) is 18.5 Å². The molecular weight excluding hydrogens is 438 g/mol. The van der Waals surface area contributed by atoms with Crippen LogP contribution < -0.4 is 4.74 Å². The number of carbonyl (C=O) groups excluding carboxylic acids is 2. The molecule has 7 heteroatoms. The Balaban J connectivity index is 1.67. The van der Waals surface area contributed by atoms with Gasteiger partial charge in [-0.25, -0.2) is 9.59 Å². The second-order valence-corrected chi connectivity index (χ2v) is 9.09. The highest BCUT2D eigenvalue weighted by Gasteiger charge is 2.33. The molecule has 158 valence electrons. The van der Waals surface area contributed by atoms with Gasteiger partial charge in [0.25, 0.3) is 0 Å². The average molecular weight is 466 g/mol. The van der Waals surface area contributed by atoms with E-state index in [1.54, 1.807) is 11.8 Å². The van der Waals surface area contributed by atoms with E-state index in [4.69, 9.17) is 14.2 Å². The molecule has 0 bridgehead atoms. The first-order valence-electron chi connectivity index (χ1n) is 10.0. The summed E-state index contributed by atoms with van der Waals surface area (Å²) in [4.78, 5) is 26.2. The lowest BCUT2D eigenvalue weighted by atomic mass is 10.1. The van der Waals surface area contributed by atoms with Crippen molar-refractivity contribution >= 4 is 34.1 Å². The van der Waals surface area contributed by atoms with Crippen molar-refractivity contribution in [1.82, 2.24) is 4.90 Å². The van der Waals surface area contributed by atoms with Gasteiger partial charge < -0.3 is 19.1 Å². The number of rotatable bonds is 5. The number of amides is 1. The van der Waals surface area contributed by atoms with Crippen LogP contribution in [0, 0.1) is 0 Å². The molecule has 0 N–H and O–H groups in total. The van der Waals surface area contributed by atoms with Crippen molar-refractivity contribution < 1.29 is 23.8 Å². The van der Waals surface area contributed by atoms with E-state index in [2.05, 4.69) is 15.9 Å². The summed E-state index contributed by atoms with van der Waals surface area (Å²) in [6.07, 6.45) is 3.94. The normalized spacial score (nSPS) is 18.3. The van der Waals surface area contributed by atoms with Gasteiger partial charge in [-0.15, -0.1) is 0 Å². The number of likely N-dealkylation sites (tertiary alicyclic amines) is 1. The van der Waals surface area contributed by atoms with Crippen LogP contribution in [0.2, 0.25) is 0 Å². The number of fused-ring (bicyclic) bond motifs is 1. The zero-order valence-electron chi connectivity index (χ0n) is 17.4. The number of ether oxygens (including phenoxy) is 3. The highest BCUT2D eigenvalue weighted by Crippen LogP contribution is 2.38. The molecule has 1 saturated heterocycles. The molecule has 1 heterocycles. The van der Waals surface area contributed by atoms with Crippen molar-refractivity contribution in [3.8, 4) is 5.75 Å². The number of carbonyl (C=O) groups is 2. The van der Waals surface area contributed by atoms with Crippen LogP contribution in [-0.4, -0.2) is 48.4 Å². The first-order valence-corrected chi connectivity index (χ1v) is 10.8. The first kappa shape index (κ1) is 21.7. The third kappa shape index (κ3) is 5.13. The summed E-state index contributed by atoms with van der Waals surface area (Å²) < 4.78 is 17.5. The molecule has 1 amide bonds. The van der Waals surface area contributed by atoms with Crippen molar-refractivity contribution in [2.24, 2.45) is 0 Å². The first-order chi connectivity index (χ1) is 13.7. The highest BCUT2D eigenvalue weighted by atomic mass is 79.9. The molecule has 29 heavy (non-hydrogen) atoms. The maximum absolute atomic E-state index is 12.4. The smallest absolute Gasteiger partial charge is 0.410 e. The van der Waals surface area contributed by atoms with Crippen LogP contribution in [0.4, 0.5) is 4.79 Å². The molecule has 1 aliphatic heterocycles. The largest absolute Gasteiger partial charge is 0.490 e. The standard InChI is InChI=1S/C22H28BrNO5/c1-5-27-20(25)15-11-14-8-9-18(19(23)17(14)12-15)28-13-16-7-6-10-24(16)21(26)29-22(2,3)4/h8-9,12,16H,5-7,10-11,13H2,1-4H3. The zero-order valence-corrected chi connectivity index (χ0v) is 19.0. The van der Waals surface area contributed by atoms with E-state index in [-0.39, 0.29) is 18.1 Å². The van der Waals surface area contributed by atoms with Crippen molar-refractivity contribution in [2.75, 3.05) is 19.8 Å². The fourth-order valence-electron chi connectivity index (χ4n) is 3.58. The summed E-state index contributed by atoms with van der Waals surface area (Å²) in [6, 6.07) is 3.85. The number of hydrogen-bond donors (Lipinski definition) is 0. The van der Waals surface area contributed by atoms with Crippen molar-refractivity contribution in [2.45, 2.75) is 58.6 Å². The summed E-state index contributed by atoms with van der Waals surface area (Å²) >= 11 is 3.61. The van der Waals surface area contributed by atoms with Crippen molar-refractivity contribution in [3.05, 3.63) is 33.3 Å². The highest BCUT2D eigenvalue weighted by molar-refractivity contribution is 9.10. The number of esters is 1. The Kier molecular flexibility index (Phi) is 6.56. The van der Waals surface area contributed by atoms with E-state index in [1.807, 2.05) is 39.0 Å². The van der Waals surface area contributed by atoms with Gasteiger partial charge in [0.2, 0.25) is 0 Å². The third-order valence-electron chi connectivity index (χ3n) is 4.91. The minimum absolute atomic E-state index is 0.0179. The number of benzene rings is 1. The molecular formula is C22H28BrNO5. The van der Waals surface area contributed by atoms with Crippen LogP contribution in [0.3, 0.4) is 0 Å². The lowest BCUT2D eigenvalue weighted by Crippen LogP contribution is -2.42. The van der Waals surface area contributed by atoms with Crippen LogP contribution in [0.15, 0.2) is 22.2 Å². The van der Waals surface area contributed by atoms with Crippen LogP contribution in [0.25, 0.3) is 6.08 Å². The van der Waals surface area contributed by atoms with E-state index >= 15 is 0 Å². The number of nitrogens with zero attached hydrogens (tertiary/aromatic N) is 1. The Morgan fingerprint density at radius 1 is 1.28 bits per heavy atom. The van der Waals surface area contributed by atoms with E-state index in [9.17, 15) is 9.59 Å². The summed E-state index contributed by atoms with van der Waals surface area (Å²) in [5.74, 6) is 0.415. The van der Waals surface area contributed by atoms with Gasteiger partial charge in [-0.05, 0) is 79.7 Å². The Morgan fingerprint density at radius 3 is 2.72 bits per heavy atom. The number of hydrogen-bond acceptors (Lipinski definition) is 5.